The van der Waals surface area contributed by atoms with Crippen LogP contribution in [0.1, 0.15) is 20.3 Å². The minimum atomic E-state index is 0.190. The fourth-order valence-electron chi connectivity index (χ4n) is 0.600. The first kappa shape index (κ1) is 5.56. The van der Waals surface area contributed by atoms with Crippen LogP contribution in [0.25, 0.3) is 0 Å². The Bertz CT molecular complexity index is 111. The van der Waals surface area contributed by atoms with Gasteiger partial charge in [0.25, 0.3) is 0 Å². The second kappa shape index (κ2) is 2.13. The maximum absolute atomic E-state index is 4.86. The average molecular weight is 114 g/mol. The number of aliphatic imine (C=N–C) groups is 1. The quantitative estimate of drug-likeness (QED) is 0.543. The summed E-state index contributed by atoms with van der Waals surface area (Å²) in [5.74, 6) is 0.733. The van der Waals surface area contributed by atoms with E-state index in [1.807, 2.05) is 6.92 Å². The first-order chi connectivity index (χ1) is 3.83. The third-order valence-corrected chi connectivity index (χ3v) is 1.07. The summed E-state index contributed by atoms with van der Waals surface area (Å²) in [5.41, 5.74) is 2.75. The molecule has 0 radical (unpaired) electrons. The first-order valence-electron chi connectivity index (χ1n) is 2.79. The first-order valence-corrected chi connectivity index (χ1v) is 2.79. The van der Waals surface area contributed by atoms with Crippen molar-refractivity contribution in [1.29, 1.82) is 0 Å². The van der Waals surface area contributed by atoms with Crippen LogP contribution in [0.15, 0.2) is 4.99 Å². The predicted molar refractivity (Wildman–Crippen MR) is 31.4 cm³/mol. The van der Waals surface area contributed by atoms with E-state index >= 15 is 0 Å². The number of rotatable bonds is 1. The molecule has 1 atom stereocenters. The molecule has 3 nitrogen and oxygen atoms in total. The van der Waals surface area contributed by atoms with Crippen molar-refractivity contribution in [1.82, 2.24) is 5.48 Å². The van der Waals surface area contributed by atoms with Crippen LogP contribution in [0.4, 0.5) is 0 Å². The van der Waals surface area contributed by atoms with Gasteiger partial charge in [0.05, 0.1) is 0 Å². The van der Waals surface area contributed by atoms with Gasteiger partial charge in [-0.1, -0.05) is 6.92 Å². The molecule has 1 unspecified atom stereocenters. The van der Waals surface area contributed by atoms with E-state index in [4.69, 9.17) is 4.84 Å². The van der Waals surface area contributed by atoms with Crippen molar-refractivity contribution in [2.24, 2.45) is 4.99 Å². The molecule has 0 aromatic rings. The summed E-state index contributed by atoms with van der Waals surface area (Å²) >= 11 is 0. The Morgan fingerprint density at radius 3 is 2.88 bits per heavy atom. The van der Waals surface area contributed by atoms with E-state index in [9.17, 15) is 0 Å². The van der Waals surface area contributed by atoms with E-state index in [1.165, 1.54) is 0 Å². The average Bonchev–Trinajstić information content (AvgIpc) is 2.14. The van der Waals surface area contributed by atoms with Gasteiger partial charge in [0, 0.05) is 6.92 Å². The van der Waals surface area contributed by atoms with Crippen LogP contribution in [0.3, 0.4) is 0 Å². The van der Waals surface area contributed by atoms with Crippen molar-refractivity contribution in [3.8, 4) is 0 Å². The van der Waals surface area contributed by atoms with Crippen molar-refractivity contribution in [2.75, 3.05) is 0 Å². The summed E-state index contributed by atoms with van der Waals surface area (Å²) in [5, 5.41) is 0. The van der Waals surface area contributed by atoms with Crippen LogP contribution in [0.2, 0.25) is 0 Å². The third-order valence-electron chi connectivity index (χ3n) is 1.07. The van der Waals surface area contributed by atoms with Crippen molar-refractivity contribution >= 4 is 5.90 Å². The molecule has 0 bridgehead atoms. The lowest BCUT2D eigenvalue weighted by Crippen LogP contribution is -2.19. The van der Waals surface area contributed by atoms with Gasteiger partial charge in [-0.05, 0) is 6.42 Å². The molecule has 1 heterocycles. The fourth-order valence-corrected chi connectivity index (χ4v) is 0.600. The molecule has 0 spiro atoms. The zero-order valence-electron chi connectivity index (χ0n) is 5.14. The normalized spacial score (nSPS) is 27.2. The highest BCUT2D eigenvalue weighted by Gasteiger charge is 2.10. The van der Waals surface area contributed by atoms with E-state index in [0.29, 0.717) is 0 Å². The van der Waals surface area contributed by atoms with Gasteiger partial charge in [-0.3, -0.25) is 0 Å². The predicted octanol–water partition coefficient (Wildman–Crippen LogP) is 0.676. The van der Waals surface area contributed by atoms with Gasteiger partial charge in [-0.2, -0.15) is 0 Å². The van der Waals surface area contributed by atoms with Crippen LogP contribution >= 0.6 is 0 Å². The van der Waals surface area contributed by atoms with E-state index < -0.39 is 0 Å². The largest absolute Gasteiger partial charge is 0.392 e. The zero-order valence-corrected chi connectivity index (χ0v) is 5.14. The highest BCUT2D eigenvalue weighted by molar-refractivity contribution is 5.74. The van der Waals surface area contributed by atoms with Crippen LogP contribution in [0, 0.1) is 0 Å². The summed E-state index contributed by atoms with van der Waals surface area (Å²) in [6, 6.07) is 0. The molecule has 46 valence electrons. The molecule has 0 amide bonds. The van der Waals surface area contributed by atoms with Crippen LogP contribution < -0.4 is 5.48 Å². The summed E-state index contributed by atoms with van der Waals surface area (Å²) in [7, 11) is 0. The van der Waals surface area contributed by atoms with Gasteiger partial charge in [0.2, 0.25) is 5.90 Å². The smallest absolute Gasteiger partial charge is 0.207 e. The van der Waals surface area contributed by atoms with E-state index in [-0.39, 0.29) is 6.17 Å². The number of nitrogens with one attached hydrogen (secondary N) is 1. The topological polar surface area (TPSA) is 33.6 Å². The lowest BCUT2D eigenvalue weighted by atomic mass is 10.4. The molecule has 1 aliphatic heterocycles. The Hall–Kier alpha value is -0.570. The number of hydrogen-bond donors (Lipinski definition) is 1. The lowest BCUT2D eigenvalue weighted by molar-refractivity contribution is 0.175. The van der Waals surface area contributed by atoms with Gasteiger partial charge in [-0.25, -0.2) is 4.99 Å². The maximum Gasteiger partial charge on any atom is 0.207 e. The Kier molecular flexibility index (Phi) is 1.48. The summed E-state index contributed by atoms with van der Waals surface area (Å²) in [6.45, 7) is 3.89. The van der Waals surface area contributed by atoms with E-state index in [0.717, 1.165) is 12.3 Å². The minimum Gasteiger partial charge on any atom is -0.392 e. The Balaban J connectivity index is 2.41. The Morgan fingerprint density at radius 2 is 2.62 bits per heavy atom. The molecule has 1 rings (SSSR count). The molecule has 0 aromatic heterocycles. The molecule has 0 saturated carbocycles. The Morgan fingerprint density at radius 1 is 1.88 bits per heavy atom. The maximum atomic E-state index is 4.86. The minimum absolute atomic E-state index is 0.190. The molecule has 3 heteroatoms. The lowest BCUT2D eigenvalue weighted by Gasteiger charge is -1.98. The zero-order chi connectivity index (χ0) is 5.98. The highest BCUT2D eigenvalue weighted by Crippen LogP contribution is 2.00. The number of hydroxylamine groups is 1. The summed E-state index contributed by atoms with van der Waals surface area (Å²) < 4.78 is 0. The molecule has 1 N–H and O–H groups in total. The molecule has 0 aromatic carbocycles. The van der Waals surface area contributed by atoms with Crippen LogP contribution in [0.5, 0.6) is 0 Å². The van der Waals surface area contributed by atoms with Gasteiger partial charge in [0.15, 0.2) is 0 Å². The molecular weight excluding hydrogens is 104 g/mol. The van der Waals surface area contributed by atoms with Crippen molar-refractivity contribution in [2.45, 2.75) is 26.4 Å². The molecule has 0 fully saturated rings. The van der Waals surface area contributed by atoms with Gasteiger partial charge >= 0.3 is 0 Å². The van der Waals surface area contributed by atoms with Crippen molar-refractivity contribution < 1.29 is 4.84 Å². The molecule has 0 aliphatic carbocycles. The van der Waals surface area contributed by atoms with Crippen LogP contribution in [-0.2, 0) is 4.84 Å². The van der Waals surface area contributed by atoms with E-state index in [2.05, 4.69) is 17.4 Å². The highest BCUT2D eigenvalue weighted by atomic mass is 16.7. The van der Waals surface area contributed by atoms with Crippen molar-refractivity contribution in [3.05, 3.63) is 0 Å². The van der Waals surface area contributed by atoms with Crippen LogP contribution in [-0.4, -0.2) is 12.1 Å². The SMILES string of the molecule is CCC1N=C(C)ON1. The third kappa shape index (κ3) is 0.980. The van der Waals surface area contributed by atoms with Gasteiger partial charge in [0.1, 0.15) is 6.17 Å². The summed E-state index contributed by atoms with van der Waals surface area (Å²) in [6.07, 6.45) is 1.17. The number of hydrogen-bond acceptors (Lipinski definition) is 3. The monoisotopic (exact) mass is 114 g/mol. The second-order valence-corrected chi connectivity index (χ2v) is 1.79. The fraction of sp³-hybridized carbons (Fsp3) is 0.800. The van der Waals surface area contributed by atoms with E-state index in [1.54, 1.807) is 0 Å². The molecule has 0 saturated heterocycles. The summed E-state index contributed by atoms with van der Waals surface area (Å²) in [4.78, 5) is 8.95. The Labute approximate surface area is 48.7 Å². The number of nitrogens with zero attached hydrogens (tertiary/aromatic N) is 1. The standard InChI is InChI=1S/C5H10N2O/c1-3-5-6-4(2)8-7-5/h5,7H,3H2,1-2H3. The molecular formula is C5H10N2O. The second-order valence-electron chi connectivity index (χ2n) is 1.79. The van der Waals surface area contributed by atoms with Crippen molar-refractivity contribution in [3.63, 3.8) is 0 Å². The molecule has 8 heavy (non-hydrogen) atoms. The van der Waals surface area contributed by atoms with Gasteiger partial charge in [-0.15, -0.1) is 5.48 Å². The van der Waals surface area contributed by atoms with Gasteiger partial charge < -0.3 is 4.84 Å². The molecule has 1 aliphatic rings.